The summed E-state index contributed by atoms with van der Waals surface area (Å²) in [6.07, 6.45) is 1.70. The molecule has 0 spiro atoms. The maximum atomic E-state index is 14.5. The maximum absolute atomic E-state index is 14.5. The molecule has 1 aromatic heterocycles. The number of rotatable bonds is 7. The van der Waals surface area contributed by atoms with Gasteiger partial charge in [0.05, 0.1) is 36.0 Å². The predicted molar refractivity (Wildman–Crippen MR) is 163 cm³/mol. The number of morpholine rings is 1. The molecular weight excluding hydrogens is 555 g/mol. The zero-order valence-corrected chi connectivity index (χ0v) is 23.8. The van der Waals surface area contributed by atoms with Crippen LogP contribution < -0.4 is 10.2 Å². The quantitative estimate of drug-likeness (QED) is 0.283. The summed E-state index contributed by atoms with van der Waals surface area (Å²) in [4.78, 5) is 42.6. The second-order valence-electron chi connectivity index (χ2n) is 10.1. The van der Waals surface area contributed by atoms with E-state index >= 15 is 0 Å². The molecule has 2 saturated heterocycles. The SMILES string of the molecule is Cc1c(/C=C2\SC(=O)N(CC(=O)Nc3ccccc3N3CCOCC3)C2=O)c2ccccc2n1Cc1ccccc1F. The molecule has 0 aliphatic carbocycles. The summed E-state index contributed by atoms with van der Waals surface area (Å²) in [5.74, 6) is -1.27. The Morgan fingerprint density at radius 2 is 1.71 bits per heavy atom. The van der Waals surface area contributed by atoms with Crippen molar-refractivity contribution >= 4 is 57.2 Å². The van der Waals surface area contributed by atoms with Gasteiger partial charge in [-0.05, 0) is 49.0 Å². The first-order valence-electron chi connectivity index (χ1n) is 13.7. The van der Waals surface area contributed by atoms with Gasteiger partial charge in [0.25, 0.3) is 11.1 Å². The van der Waals surface area contributed by atoms with Gasteiger partial charge in [-0.15, -0.1) is 0 Å². The summed E-state index contributed by atoms with van der Waals surface area (Å²) in [6.45, 7) is 4.46. The van der Waals surface area contributed by atoms with Crippen LogP contribution in [0.5, 0.6) is 0 Å². The Hall–Kier alpha value is -4.41. The van der Waals surface area contributed by atoms with E-state index in [9.17, 15) is 18.8 Å². The van der Waals surface area contributed by atoms with E-state index in [-0.39, 0.29) is 10.7 Å². The number of amides is 3. The molecule has 8 nitrogen and oxygen atoms in total. The molecule has 3 amide bonds. The molecule has 2 aliphatic heterocycles. The summed E-state index contributed by atoms with van der Waals surface area (Å²) >= 11 is 0.811. The number of aromatic nitrogens is 1. The maximum Gasteiger partial charge on any atom is 0.294 e. The number of benzene rings is 3. The number of ether oxygens (including phenoxy) is 1. The Bertz CT molecular complexity index is 1730. The first-order valence-corrected chi connectivity index (χ1v) is 14.5. The highest BCUT2D eigenvalue weighted by molar-refractivity contribution is 8.18. The van der Waals surface area contributed by atoms with Gasteiger partial charge in [0.1, 0.15) is 12.4 Å². The molecule has 214 valence electrons. The van der Waals surface area contributed by atoms with E-state index in [1.807, 2.05) is 54.0 Å². The predicted octanol–water partition coefficient (Wildman–Crippen LogP) is 5.65. The third-order valence-corrected chi connectivity index (χ3v) is 8.45. The van der Waals surface area contributed by atoms with Gasteiger partial charge in [-0.2, -0.15) is 0 Å². The van der Waals surface area contributed by atoms with Gasteiger partial charge in [0.2, 0.25) is 5.91 Å². The van der Waals surface area contributed by atoms with Crippen LogP contribution in [-0.4, -0.2) is 59.4 Å². The van der Waals surface area contributed by atoms with Gasteiger partial charge in [0, 0.05) is 40.8 Å². The molecule has 0 bridgehead atoms. The number of thioether (sulfide) groups is 1. The first kappa shape index (κ1) is 27.7. The van der Waals surface area contributed by atoms with Crippen molar-refractivity contribution in [2.75, 3.05) is 43.1 Å². The standard InChI is InChI=1S/C32H29FN4O4S/c1-21-24(23-9-3-6-12-27(23)36(21)19-22-8-2-4-10-25(22)33)18-29-31(39)37(32(40)42-29)20-30(38)34-26-11-5-7-13-28(26)35-14-16-41-17-15-35/h2-13,18H,14-17,19-20H2,1H3,(H,34,38)/b29-18-. The number of anilines is 2. The van der Waals surface area contributed by atoms with Crippen LogP contribution in [0, 0.1) is 12.7 Å². The normalized spacial score (nSPS) is 16.6. The molecular formula is C32H29FN4O4S. The van der Waals surface area contributed by atoms with E-state index in [1.165, 1.54) is 6.07 Å². The number of fused-ring (bicyclic) bond motifs is 1. The zero-order chi connectivity index (χ0) is 29.2. The van der Waals surface area contributed by atoms with Crippen LogP contribution in [0.15, 0.2) is 77.7 Å². The van der Waals surface area contributed by atoms with Crippen LogP contribution in [0.4, 0.5) is 20.6 Å². The highest BCUT2D eigenvalue weighted by atomic mass is 32.2. The van der Waals surface area contributed by atoms with Crippen molar-refractivity contribution in [3.63, 3.8) is 0 Å². The fourth-order valence-electron chi connectivity index (χ4n) is 5.40. The van der Waals surface area contributed by atoms with Crippen LogP contribution in [0.1, 0.15) is 16.8 Å². The van der Waals surface area contributed by atoms with E-state index in [1.54, 1.807) is 30.3 Å². The molecule has 4 aromatic rings. The van der Waals surface area contributed by atoms with E-state index in [4.69, 9.17) is 4.74 Å². The Balaban J connectivity index is 1.23. The summed E-state index contributed by atoms with van der Waals surface area (Å²) in [6, 6.07) is 21.8. The lowest BCUT2D eigenvalue weighted by molar-refractivity contribution is -0.127. The number of para-hydroxylation sites is 3. The lowest BCUT2D eigenvalue weighted by Crippen LogP contribution is -2.38. The van der Waals surface area contributed by atoms with E-state index < -0.39 is 23.6 Å². The summed E-state index contributed by atoms with van der Waals surface area (Å²) in [7, 11) is 0. The highest BCUT2D eigenvalue weighted by Crippen LogP contribution is 2.36. The number of carbonyl (C=O) groups excluding carboxylic acids is 3. The van der Waals surface area contributed by atoms with Crippen LogP contribution in [-0.2, 0) is 20.9 Å². The number of hydrogen-bond acceptors (Lipinski definition) is 6. The Labute approximate surface area is 246 Å². The number of nitrogens with one attached hydrogen (secondary N) is 1. The number of nitrogens with zero attached hydrogens (tertiary/aromatic N) is 3. The van der Waals surface area contributed by atoms with E-state index in [0.29, 0.717) is 44.1 Å². The molecule has 0 radical (unpaired) electrons. The van der Waals surface area contributed by atoms with Crippen LogP contribution in [0.25, 0.3) is 17.0 Å². The molecule has 3 heterocycles. The molecule has 0 unspecified atom stereocenters. The summed E-state index contributed by atoms with van der Waals surface area (Å²) in [5, 5.41) is 3.26. The summed E-state index contributed by atoms with van der Waals surface area (Å²) in [5.41, 5.74) is 4.53. The minimum Gasteiger partial charge on any atom is -0.378 e. The molecule has 0 atom stereocenters. The minimum absolute atomic E-state index is 0.235. The Kier molecular flexibility index (Phi) is 7.82. The fraction of sp³-hybridized carbons (Fsp3) is 0.219. The van der Waals surface area contributed by atoms with Crippen LogP contribution in [0.3, 0.4) is 0 Å². The van der Waals surface area contributed by atoms with Gasteiger partial charge in [-0.3, -0.25) is 19.3 Å². The average molecular weight is 585 g/mol. The van der Waals surface area contributed by atoms with Gasteiger partial charge >= 0.3 is 0 Å². The van der Waals surface area contributed by atoms with Crippen molar-refractivity contribution in [3.8, 4) is 0 Å². The van der Waals surface area contributed by atoms with Gasteiger partial charge in [0.15, 0.2) is 0 Å². The van der Waals surface area contributed by atoms with E-state index in [2.05, 4.69) is 10.2 Å². The number of carbonyl (C=O) groups is 3. The topological polar surface area (TPSA) is 83.9 Å². The first-order chi connectivity index (χ1) is 20.4. The molecule has 1 N–H and O–H groups in total. The van der Waals surface area contributed by atoms with Crippen LogP contribution in [0.2, 0.25) is 0 Å². The Morgan fingerprint density at radius 1 is 1.00 bits per heavy atom. The van der Waals surface area contributed by atoms with Gasteiger partial charge in [-0.1, -0.05) is 48.5 Å². The zero-order valence-electron chi connectivity index (χ0n) is 23.0. The van der Waals surface area contributed by atoms with Gasteiger partial charge < -0.3 is 19.5 Å². The van der Waals surface area contributed by atoms with Crippen LogP contribution >= 0.6 is 11.8 Å². The smallest absolute Gasteiger partial charge is 0.294 e. The second-order valence-corrected chi connectivity index (χ2v) is 11.1. The van der Waals surface area contributed by atoms with Crippen molar-refractivity contribution in [2.45, 2.75) is 13.5 Å². The minimum atomic E-state index is -0.521. The van der Waals surface area contributed by atoms with Crippen molar-refractivity contribution in [2.24, 2.45) is 0 Å². The lowest BCUT2D eigenvalue weighted by atomic mass is 10.1. The number of halogens is 1. The van der Waals surface area contributed by atoms with Crippen molar-refractivity contribution in [1.82, 2.24) is 9.47 Å². The molecule has 42 heavy (non-hydrogen) atoms. The monoisotopic (exact) mass is 584 g/mol. The molecule has 2 aliphatic rings. The highest BCUT2D eigenvalue weighted by Gasteiger charge is 2.37. The molecule has 3 aromatic carbocycles. The summed E-state index contributed by atoms with van der Waals surface area (Å²) < 4.78 is 21.9. The van der Waals surface area contributed by atoms with Crippen molar-refractivity contribution < 1.29 is 23.5 Å². The molecule has 10 heteroatoms. The Morgan fingerprint density at radius 3 is 2.52 bits per heavy atom. The average Bonchev–Trinajstić information content (AvgIpc) is 3.42. The lowest BCUT2D eigenvalue weighted by Gasteiger charge is -2.30. The van der Waals surface area contributed by atoms with E-state index in [0.717, 1.165) is 44.5 Å². The fourth-order valence-corrected chi connectivity index (χ4v) is 6.22. The van der Waals surface area contributed by atoms with Crippen molar-refractivity contribution in [3.05, 3.63) is 100 Å². The number of imide groups is 1. The largest absolute Gasteiger partial charge is 0.378 e. The number of hydrogen-bond donors (Lipinski definition) is 1. The third kappa shape index (κ3) is 5.43. The second kappa shape index (κ2) is 11.8. The third-order valence-electron chi connectivity index (χ3n) is 7.55. The van der Waals surface area contributed by atoms with Gasteiger partial charge in [-0.25, -0.2) is 4.39 Å². The molecule has 0 saturated carbocycles. The molecule has 6 rings (SSSR count). The van der Waals surface area contributed by atoms with Crippen molar-refractivity contribution in [1.29, 1.82) is 0 Å². The molecule has 2 fully saturated rings.